The number of hydrogen-bond donors (Lipinski definition) is 1. The summed E-state index contributed by atoms with van der Waals surface area (Å²) in [5.41, 5.74) is 0.416. The summed E-state index contributed by atoms with van der Waals surface area (Å²) in [6.07, 6.45) is 1.47. The summed E-state index contributed by atoms with van der Waals surface area (Å²) in [5.74, 6) is -0.988. The van der Waals surface area contributed by atoms with Gasteiger partial charge in [0.1, 0.15) is 6.54 Å². The van der Waals surface area contributed by atoms with Gasteiger partial charge in [0, 0.05) is 19.5 Å². The Morgan fingerprint density at radius 1 is 1.69 bits per heavy atom. The van der Waals surface area contributed by atoms with Gasteiger partial charge in [-0.2, -0.15) is 5.10 Å². The van der Waals surface area contributed by atoms with Crippen molar-refractivity contribution in [2.24, 2.45) is 10.1 Å². The summed E-state index contributed by atoms with van der Waals surface area (Å²) in [4.78, 5) is 14.2. The molecule has 0 aromatic rings. The Kier molecular flexibility index (Phi) is 5.18. The zero-order chi connectivity index (χ0) is 10.3. The summed E-state index contributed by atoms with van der Waals surface area (Å²) in [6, 6.07) is 0. The Balaban J connectivity index is 4.23. The molecule has 0 saturated carbocycles. The molecule has 0 spiro atoms. The number of carboxylic acids is 1. The van der Waals surface area contributed by atoms with Crippen molar-refractivity contribution in [1.29, 1.82) is 0 Å². The third-order valence-electron chi connectivity index (χ3n) is 1.21. The molecule has 0 amide bonds. The van der Waals surface area contributed by atoms with Gasteiger partial charge in [0.05, 0.1) is 5.70 Å². The first-order valence-electron chi connectivity index (χ1n) is 3.76. The molecule has 0 aromatic carbocycles. The Morgan fingerprint density at radius 2 is 2.31 bits per heavy atom. The normalized spacial score (nSPS) is 9.92. The SMILES string of the molecule is C=NN(CC(=O)O)C(=C)C=NCC. The maximum Gasteiger partial charge on any atom is 0.325 e. The molecule has 13 heavy (non-hydrogen) atoms. The Labute approximate surface area is 77.1 Å². The molecule has 0 aliphatic rings. The van der Waals surface area contributed by atoms with Crippen LogP contribution >= 0.6 is 0 Å². The zero-order valence-electron chi connectivity index (χ0n) is 7.60. The van der Waals surface area contributed by atoms with Crippen molar-refractivity contribution >= 4 is 18.9 Å². The minimum Gasteiger partial charge on any atom is -0.480 e. The van der Waals surface area contributed by atoms with E-state index in [0.29, 0.717) is 12.2 Å². The lowest BCUT2D eigenvalue weighted by molar-refractivity contribution is -0.137. The minimum atomic E-state index is -0.988. The third-order valence-corrected chi connectivity index (χ3v) is 1.21. The van der Waals surface area contributed by atoms with E-state index in [-0.39, 0.29) is 6.54 Å². The second-order valence-electron chi connectivity index (χ2n) is 2.21. The van der Waals surface area contributed by atoms with Gasteiger partial charge in [-0.3, -0.25) is 14.8 Å². The molecule has 72 valence electrons. The molecule has 0 radical (unpaired) electrons. The molecule has 0 atom stereocenters. The number of carbonyl (C=O) groups is 1. The van der Waals surface area contributed by atoms with Crippen molar-refractivity contribution < 1.29 is 9.90 Å². The fourth-order valence-corrected chi connectivity index (χ4v) is 0.634. The second kappa shape index (κ2) is 5.93. The molecule has 0 fully saturated rings. The molecule has 5 nitrogen and oxygen atoms in total. The number of aliphatic carboxylic acids is 1. The van der Waals surface area contributed by atoms with Crippen molar-refractivity contribution in [3.63, 3.8) is 0 Å². The number of nitrogens with zero attached hydrogens (tertiary/aromatic N) is 3. The van der Waals surface area contributed by atoms with Gasteiger partial charge < -0.3 is 5.11 Å². The summed E-state index contributed by atoms with van der Waals surface area (Å²) in [5, 5.41) is 13.1. The molecular formula is C8H13N3O2. The molecule has 0 heterocycles. The van der Waals surface area contributed by atoms with Crippen LogP contribution in [0.2, 0.25) is 0 Å². The van der Waals surface area contributed by atoms with Crippen molar-refractivity contribution in [3.8, 4) is 0 Å². The van der Waals surface area contributed by atoms with Gasteiger partial charge in [-0.05, 0) is 6.92 Å². The van der Waals surface area contributed by atoms with E-state index in [1.165, 1.54) is 11.2 Å². The van der Waals surface area contributed by atoms with E-state index in [1.54, 1.807) is 0 Å². The van der Waals surface area contributed by atoms with E-state index in [9.17, 15) is 4.79 Å². The highest BCUT2D eigenvalue weighted by Crippen LogP contribution is 1.98. The maximum atomic E-state index is 10.3. The van der Waals surface area contributed by atoms with E-state index in [1.807, 2.05) is 6.92 Å². The largest absolute Gasteiger partial charge is 0.480 e. The van der Waals surface area contributed by atoms with Crippen LogP contribution in [0, 0.1) is 0 Å². The molecular weight excluding hydrogens is 170 g/mol. The molecule has 0 rings (SSSR count). The topological polar surface area (TPSA) is 65.3 Å². The maximum absolute atomic E-state index is 10.3. The Bertz CT molecular complexity index is 236. The molecule has 0 aliphatic carbocycles. The summed E-state index contributed by atoms with van der Waals surface area (Å²) in [7, 11) is 0. The smallest absolute Gasteiger partial charge is 0.325 e. The van der Waals surface area contributed by atoms with Crippen LogP contribution in [-0.4, -0.2) is 42.1 Å². The summed E-state index contributed by atoms with van der Waals surface area (Å²) < 4.78 is 0. The van der Waals surface area contributed by atoms with Gasteiger partial charge in [-0.15, -0.1) is 0 Å². The van der Waals surface area contributed by atoms with Gasteiger partial charge in [0.15, 0.2) is 0 Å². The predicted octanol–water partition coefficient (Wildman–Crippen LogP) is 0.593. The van der Waals surface area contributed by atoms with E-state index in [0.717, 1.165) is 0 Å². The third kappa shape index (κ3) is 4.73. The number of hydrazone groups is 1. The first kappa shape index (κ1) is 11.4. The zero-order valence-corrected chi connectivity index (χ0v) is 7.60. The fraction of sp³-hybridized carbons (Fsp3) is 0.375. The molecule has 0 bridgehead atoms. The van der Waals surface area contributed by atoms with Crippen molar-refractivity contribution in [2.75, 3.05) is 13.1 Å². The van der Waals surface area contributed by atoms with Gasteiger partial charge in [0.2, 0.25) is 0 Å². The lowest BCUT2D eigenvalue weighted by Gasteiger charge is -2.14. The predicted molar refractivity (Wildman–Crippen MR) is 52.1 cm³/mol. The fourth-order valence-electron chi connectivity index (χ4n) is 0.634. The van der Waals surface area contributed by atoms with E-state index in [4.69, 9.17) is 5.11 Å². The average molecular weight is 183 g/mol. The van der Waals surface area contributed by atoms with Crippen LogP contribution in [0.5, 0.6) is 0 Å². The van der Waals surface area contributed by atoms with Crippen LogP contribution in [0.25, 0.3) is 0 Å². The van der Waals surface area contributed by atoms with Gasteiger partial charge in [-0.1, -0.05) is 6.58 Å². The van der Waals surface area contributed by atoms with Crippen LogP contribution in [-0.2, 0) is 4.79 Å². The van der Waals surface area contributed by atoms with E-state index >= 15 is 0 Å². The first-order valence-corrected chi connectivity index (χ1v) is 3.76. The monoisotopic (exact) mass is 183 g/mol. The van der Waals surface area contributed by atoms with Crippen LogP contribution in [0.1, 0.15) is 6.92 Å². The summed E-state index contributed by atoms with van der Waals surface area (Å²) in [6.45, 7) is 9.07. The highest BCUT2D eigenvalue weighted by atomic mass is 16.4. The van der Waals surface area contributed by atoms with Gasteiger partial charge in [0.25, 0.3) is 0 Å². The molecule has 0 saturated heterocycles. The lowest BCUT2D eigenvalue weighted by Crippen LogP contribution is -2.24. The van der Waals surface area contributed by atoms with Crippen LogP contribution in [0.15, 0.2) is 22.4 Å². The van der Waals surface area contributed by atoms with Crippen LogP contribution in [0.3, 0.4) is 0 Å². The minimum absolute atomic E-state index is 0.252. The number of allylic oxidation sites excluding steroid dienone is 1. The van der Waals surface area contributed by atoms with Crippen LogP contribution in [0.4, 0.5) is 0 Å². The van der Waals surface area contributed by atoms with Gasteiger partial charge in [-0.25, -0.2) is 0 Å². The molecule has 0 unspecified atom stereocenters. The second-order valence-corrected chi connectivity index (χ2v) is 2.21. The average Bonchev–Trinajstić information content (AvgIpc) is 2.09. The van der Waals surface area contributed by atoms with Gasteiger partial charge >= 0.3 is 5.97 Å². The molecule has 5 heteroatoms. The van der Waals surface area contributed by atoms with Crippen LogP contribution < -0.4 is 0 Å². The first-order chi connectivity index (χ1) is 6.11. The summed E-state index contributed by atoms with van der Waals surface area (Å²) >= 11 is 0. The number of rotatable bonds is 6. The number of aliphatic imine (C=N–C) groups is 1. The molecule has 0 aromatic heterocycles. The van der Waals surface area contributed by atoms with E-state index in [2.05, 4.69) is 23.4 Å². The lowest BCUT2D eigenvalue weighted by atomic mass is 10.5. The highest BCUT2D eigenvalue weighted by Gasteiger charge is 2.07. The molecule has 0 aliphatic heterocycles. The quantitative estimate of drug-likeness (QED) is 0.484. The standard InChI is InChI=1S/C8H13N3O2/c1-4-10-5-7(2)11(9-3)6-8(12)13/h5H,2-4,6H2,1H3,(H,12,13). The Morgan fingerprint density at radius 3 is 2.69 bits per heavy atom. The number of hydrogen-bond acceptors (Lipinski definition) is 4. The van der Waals surface area contributed by atoms with Crippen molar-refractivity contribution in [1.82, 2.24) is 5.01 Å². The molecule has 1 N–H and O–H groups in total. The highest BCUT2D eigenvalue weighted by molar-refractivity contribution is 5.78. The van der Waals surface area contributed by atoms with Crippen molar-refractivity contribution in [2.45, 2.75) is 6.92 Å². The Hall–Kier alpha value is -1.65. The van der Waals surface area contributed by atoms with E-state index < -0.39 is 5.97 Å². The number of carboxylic acid groups (broad SMARTS) is 1. The van der Waals surface area contributed by atoms with Crippen molar-refractivity contribution in [3.05, 3.63) is 12.3 Å².